The van der Waals surface area contributed by atoms with E-state index >= 15 is 0 Å². The SMILES string of the molecule is OC#CCC(Cl)(Cl)Cl. The lowest BCUT2D eigenvalue weighted by Crippen LogP contribution is -1.98. The van der Waals surface area contributed by atoms with Gasteiger partial charge in [-0.2, -0.15) is 0 Å². The Kier molecular flexibility index (Phi) is 3.39. The van der Waals surface area contributed by atoms with Gasteiger partial charge < -0.3 is 5.11 Å². The van der Waals surface area contributed by atoms with Crippen molar-refractivity contribution in [3.8, 4) is 12.0 Å². The molecule has 0 unspecified atom stereocenters. The van der Waals surface area contributed by atoms with Crippen LogP contribution >= 0.6 is 34.8 Å². The Morgan fingerprint density at radius 1 is 1.38 bits per heavy atom. The number of alkyl halides is 3. The van der Waals surface area contributed by atoms with E-state index in [2.05, 4.69) is 5.92 Å². The summed E-state index contributed by atoms with van der Waals surface area (Å²) in [5.41, 5.74) is 0. The number of rotatable bonds is 0. The molecule has 0 radical (unpaired) electrons. The van der Waals surface area contributed by atoms with Crippen molar-refractivity contribution in [1.29, 1.82) is 0 Å². The van der Waals surface area contributed by atoms with Crippen molar-refractivity contribution >= 4 is 34.8 Å². The lowest BCUT2D eigenvalue weighted by molar-refractivity contribution is 0.516. The molecule has 0 bridgehead atoms. The van der Waals surface area contributed by atoms with Crippen molar-refractivity contribution in [2.75, 3.05) is 0 Å². The van der Waals surface area contributed by atoms with Gasteiger partial charge in [-0.1, -0.05) is 40.7 Å². The predicted octanol–water partition coefficient (Wildman–Crippen LogP) is 2.08. The summed E-state index contributed by atoms with van der Waals surface area (Å²) in [6.45, 7) is 0. The van der Waals surface area contributed by atoms with Gasteiger partial charge in [-0.3, -0.25) is 0 Å². The summed E-state index contributed by atoms with van der Waals surface area (Å²) < 4.78 is -1.37. The van der Waals surface area contributed by atoms with Crippen LogP contribution in [0.4, 0.5) is 0 Å². The van der Waals surface area contributed by atoms with Crippen LogP contribution in [0.2, 0.25) is 0 Å². The highest BCUT2D eigenvalue weighted by Crippen LogP contribution is 2.28. The van der Waals surface area contributed by atoms with Gasteiger partial charge in [0, 0.05) is 0 Å². The molecule has 0 fully saturated rings. The number of hydrogen-bond donors (Lipinski definition) is 1. The highest BCUT2D eigenvalue weighted by Gasteiger charge is 2.16. The molecule has 0 aromatic rings. The molecule has 0 aromatic carbocycles. The van der Waals surface area contributed by atoms with Crippen LogP contribution in [0, 0.1) is 12.0 Å². The minimum Gasteiger partial charge on any atom is -0.462 e. The third-order valence-electron chi connectivity index (χ3n) is 0.368. The summed E-state index contributed by atoms with van der Waals surface area (Å²) in [7, 11) is 0. The van der Waals surface area contributed by atoms with Gasteiger partial charge in [0.2, 0.25) is 3.79 Å². The molecule has 1 nitrogen and oxygen atoms in total. The van der Waals surface area contributed by atoms with E-state index in [9.17, 15) is 0 Å². The average molecular weight is 173 g/mol. The zero-order valence-corrected chi connectivity index (χ0v) is 6.06. The largest absolute Gasteiger partial charge is 0.462 e. The average Bonchev–Trinajstić information content (AvgIpc) is 1.59. The molecule has 0 atom stereocenters. The van der Waals surface area contributed by atoms with E-state index in [1.54, 1.807) is 6.11 Å². The van der Waals surface area contributed by atoms with E-state index in [-0.39, 0.29) is 6.42 Å². The summed E-state index contributed by atoms with van der Waals surface area (Å²) >= 11 is 15.7. The summed E-state index contributed by atoms with van der Waals surface area (Å²) in [5.74, 6) is 2.20. The summed E-state index contributed by atoms with van der Waals surface area (Å²) in [5, 5.41) is 7.89. The fraction of sp³-hybridized carbons (Fsp3) is 0.500. The molecule has 0 aliphatic heterocycles. The number of aliphatic hydroxyl groups excluding tert-OH is 1. The van der Waals surface area contributed by atoms with Gasteiger partial charge in [0.25, 0.3) is 0 Å². The molecule has 0 spiro atoms. The molecule has 0 aliphatic carbocycles. The lowest BCUT2D eigenvalue weighted by atomic mass is 10.5. The Bertz CT molecular complexity index is 115. The highest BCUT2D eigenvalue weighted by atomic mass is 35.6. The topological polar surface area (TPSA) is 20.2 Å². The molecular formula is C4H3Cl3O. The Morgan fingerprint density at radius 2 is 1.88 bits per heavy atom. The monoisotopic (exact) mass is 172 g/mol. The van der Waals surface area contributed by atoms with Gasteiger partial charge in [-0.15, -0.1) is 0 Å². The van der Waals surface area contributed by atoms with E-state index in [0.717, 1.165) is 0 Å². The van der Waals surface area contributed by atoms with Crippen LogP contribution in [-0.4, -0.2) is 8.90 Å². The van der Waals surface area contributed by atoms with Crippen LogP contribution < -0.4 is 0 Å². The van der Waals surface area contributed by atoms with Gasteiger partial charge in [-0.25, -0.2) is 0 Å². The maximum Gasteiger partial charge on any atom is 0.201 e. The van der Waals surface area contributed by atoms with Crippen molar-refractivity contribution in [3.05, 3.63) is 0 Å². The normalized spacial score (nSPS) is 9.88. The Labute approximate surface area is 62.5 Å². The van der Waals surface area contributed by atoms with Crippen molar-refractivity contribution in [1.82, 2.24) is 0 Å². The molecule has 0 heterocycles. The standard InChI is InChI=1S/C4H3Cl3O/c5-4(6,7)2-1-3-8/h8H,2H2. The van der Waals surface area contributed by atoms with Crippen molar-refractivity contribution in [2.24, 2.45) is 0 Å². The number of hydrogen-bond acceptors (Lipinski definition) is 1. The highest BCUT2D eigenvalue weighted by molar-refractivity contribution is 6.67. The maximum atomic E-state index is 7.89. The first-order valence-electron chi connectivity index (χ1n) is 1.75. The zero-order valence-electron chi connectivity index (χ0n) is 3.79. The first-order chi connectivity index (χ1) is 3.56. The molecule has 0 rings (SSSR count). The molecule has 0 amide bonds. The summed E-state index contributed by atoms with van der Waals surface area (Å²) in [6.07, 6.45) is 1.67. The van der Waals surface area contributed by atoms with Crippen LogP contribution in [0.3, 0.4) is 0 Å². The van der Waals surface area contributed by atoms with Crippen molar-refractivity contribution in [3.63, 3.8) is 0 Å². The molecule has 1 N–H and O–H groups in total. The van der Waals surface area contributed by atoms with Crippen molar-refractivity contribution < 1.29 is 5.11 Å². The molecular weight excluding hydrogens is 170 g/mol. The third kappa shape index (κ3) is 6.23. The third-order valence-corrected chi connectivity index (χ3v) is 0.769. The second-order valence-electron chi connectivity index (χ2n) is 1.08. The minimum atomic E-state index is -1.37. The van der Waals surface area contributed by atoms with E-state index in [0.29, 0.717) is 0 Å². The van der Waals surface area contributed by atoms with E-state index in [1.165, 1.54) is 0 Å². The van der Waals surface area contributed by atoms with Crippen LogP contribution in [0.25, 0.3) is 0 Å². The van der Waals surface area contributed by atoms with Crippen molar-refractivity contribution in [2.45, 2.75) is 10.2 Å². The second kappa shape index (κ2) is 3.29. The Balaban J connectivity index is 3.50. The molecule has 0 aliphatic rings. The molecule has 8 heavy (non-hydrogen) atoms. The van der Waals surface area contributed by atoms with Gasteiger partial charge in [-0.05, 0) is 0 Å². The maximum absolute atomic E-state index is 7.89. The minimum absolute atomic E-state index is 0.0498. The van der Waals surface area contributed by atoms with Gasteiger partial charge in [0.1, 0.15) is 6.11 Å². The number of aliphatic hydroxyl groups is 1. The van der Waals surface area contributed by atoms with Crippen LogP contribution in [-0.2, 0) is 0 Å². The van der Waals surface area contributed by atoms with Crippen LogP contribution in [0.1, 0.15) is 6.42 Å². The predicted molar refractivity (Wildman–Crippen MR) is 34.6 cm³/mol. The summed E-state index contributed by atoms with van der Waals surface area (Å²) in [6, 6.07) is 0. The smallest absolute Gasteiger partial charge is 0.201 e. The van der Waals surface area contributed by atoms with Gasteiger partial charge >= 0.3 is 0 Å². The molecule has 0 saturated heterocycles. The van der Waals surface area contributed by atoms with Gasteiger partial charge in [0.15, 0.2) is 0 Å². The second-order valence-corrected chi connectivity index (χ2v) is 3.60. The molecule has 4 heteroatoms. The summed E-state index contributed by atoms with van der Waals surface area (Å²) in [4.78, 5) is 0. The van der Waals surface area contributed by atoms with Crippen LogP contribution in [0.15, 0.2) is 0 Å². The van der Waals surface area contributed by atoms with Crippen LogP contribution in [0.5, 0.6) is 0 Å². The van der Waals surface area contributed by atoms with E-state index in [4.69, 9.17) is 39.9 Å². The quantitative estimate of drug-likeness (QED) is 0.439. The van der Waals surface area contributed by atoms with E-state index < -0.39 is 3.79 Å². The van der Waals surface area contributed by atoms with Gasteiger partial charge in [0.05, 0.1) is 6.42 Å². The first kappa shape index (κ1) is 8.23. The fourth-order valence-corrected chi connectivity index (χ4v) is 0.340. The lowest BCUT2D eigenvalue weighted by Gasteiger charge is -2.02. The fourth-order valence-electron chi connectivity index (χ4n) is 0.140. The van der Waals surface area contributed by atoms with E-state index in [1.807, 2.05) is 0 Å². The Hall–Kier alpha value is 0.230. The first-order valence-corrected chi connectivity index (χ1v) is 2.88. The molecule has 0 aromatic heterocycles. The zero-order chi connectivity index (χ0) is 6.62. The number of halogens is 3. The molecule has 46 valence electrons. The Morgan fingerprint density at radius 3 is 2.00 bits per heavy atom. The molecule has 0 saturated carbocycles.